The minimum Gasteiger partial charge on any atom is -0.493 e. The number of hydrogen-bond acceptors (Lipinski definition) is 5. The Hall–Kier alpha value is -3.91. The van der Waals surface area contributed by atoms with Crippen LogP contribution in [0.25, 0.3) is 0 Å². The summed E-state index contributed by atoms with van der Waals surface area (Å²) in [5.74, 6) is -0.440. The molecule has 3 aromatic rings. The summed E-state index contributed by atoms with van der Waals surface area (Å²) in [6, 6.07) is 18.4. The Morgan fingerprint density at radius 3 is 2.50 bits per heavy atom. The van der Waals surface area contributed by atoms with Gasteiger partial charge in [-0.1, -0.05) is 41.9 Å². The Morgan fingerprint density at radius 1 is 1.00 bits per heavy atom. The quantitative estimate of drug-likeness (QED) is 0.316. The summed E-state index contributed by atoms with van der Waals surface area (Å²) in [4.78, 5) is 23.8. The molecule has 0 bridgehead atoms. The van der Waals surface area contributed by atoms with Crippen LogP contribution in [-0.4, -0.2) is 25.1 Å². The Morgan fingerprint density at radius 2 is 1.74 bits per heavy atom. The van der Waals surface area contributed by atoms with Crippen LogP contribution in [0.4, 0.5) is 10.1 Å². The van der Waals surface area contributed by atoms with Crippen molar-refractivity contribution >= 4 is 35.3 Å². The van der Waals surface area contributed by atoms with E-state index < -0.39 is 17.6 Å². The van der Waals surface area contributed by atoms with Gasteiger partial charge in [0.05, 0.1) is 19.0 Å². The smallest absolute Gasteiger partial charge is 0.240 e. The number of carbonyl (C=O) groups is 2. The summed E-state index contributed by atoms with van der Waals surface area (Å²) < 4.78 is 24.7. The van der Waals surface area contributed by atoms with E-state index in [9.17, 15) is 14.0 Å². The van der Waals surface area contributed by atoms with E-state index in [0.717, 1.165) is 5.56 Å². The first-order valence-electron chi connectivity index (χ1n) is 10.4. The molecule has 34 heavy (non-hydrogen) atoms. The Kier molecular flexibility index (Phi) is 8.99. The van der Waals surface area contributed by atoms with Gasteiger partial charge < -0.3 is 14.8 Å². The Balaban J connectivity index is 1.48. The molecule has 0 unspecified atom stereocenters. The molecule has 0 heterocycles. The van der Waals surface area contributed by atoms with Gasteiger partial charge >= 0.3 is 0 Å². The second-order valence-electron chi connectivity index (χ2n) is 7.11. The van der Waals surface area contributed by atoms with Gasteiger partial charge in [0.15, 0.2) is 11.5 Å². The van der Waals surface area contributed by atoms with Crippen molar-refractivity contribution in [1.29, 1.82) is 0 Å². The molecule has 2 N–H and O–H groups in total. The maximum absolute atomic E-state index is 13.6. The Bertz CT molecular complexity index is 1190. The molecule has 0 spiro atoms. The average Bonchev–Trinajstić information content (AvgIpc) is 2.84. The number of nitrogens with one attached hydrogen (secondary N) is 2. The fourth-order valence-corrected chi connectivity index (χ4v) is 3.08. The van der Waals surface area contributed by atoms with E-state index in [4.69, 9.17) is 21.1 Å². The lowest BCUT2D eigenvalue weighted by Gasteiger charge is -2.12. The third-order valence-electron chi connectivity index (χ3n) is 4.66. The van der Waals surface area contributed by atoms with Crippen molar-refractivity contribution in [2.45, 2.75) is 19.4 Å². The van der Waals surface area contributed by atoms with E-state index in [-0.39, 0.29) is 25.1 Å². The van der Waals surface area contributed by atoms with E-state index in [1.807, 2.05) is 18.2 Å². The van der Waals surface area contributed by atoms with E-state index in [2.05, 4.69) is 15.8 Å². The SMILES string of the molecule is COc1cc(C=NNC(=O)CCC(=O)Nc2ccccc2F)ccc1OCc1ccccc1Cl. The molecule has 3 rings (SSSR count). The van der Waals surface area contributed by atoms with Gasteiger partial charge in [-0.05, 0) is 42.0 Å². The highest BCUT2D eigenvalue weighted by atomic mass is 35.5. The zero-order valence-electron chi connectivity index (χ0n) is 18.4. The number of amides is 2. The summed E-state index contributed by atoms with van der Waals surface area (Å²) in [7, 11) is 1.52. The number of benzene rings is 3. The van der Waals surface area contributed by atoms with Crippen molar-refractivity contribution in [2.24, 2.45) is 5.10 Å². The van der Waals surface area contributed by atoms with E-state index in [0.29, 0.717) is 22.1 Å². The van der Waals surface area contributed by atoms with Gasteiger partial charge in [0.25, 0.3) is 0 Å². The van der Waals surface area contributed by atoms with Crippen LogP contribution >= 0.6 is 11.6 Å². The molecule has 0 aliphatic rings. The van der Waals surface area contributed by atoms with Crippen molar-refractivity contribution in [3.8, 4) is 11.5 Å². The van der Waals surface area contributed by atoms with Gasteiger partial charge in [0.1, 0.15) is 12.4 Å². The topological polar surface area (TPSA) is 89.0 Å². The fraction of sp³-hybridized carbons (Fsp3) is 0.160. The zero-order valence-corrected chi connectivity index (χ0v) is 19.1. The lowest BCUT2D eigenvalue weighted by atomic mass is 10.2. The third kappa shape index (κ3) is 7.31. The van der Waals surface area contributed by atoms with Crippen LogP contribution in [0, 0.1) is 5.82 Å². The van der Waals surface area contributed by atoms with Gasteiger partial charge in [-0.2, -0.15) is 5.10 Å². The van der Waals surface area contributed by atoms with E-state index >= 15 is 0 Å². The van der Waals surface area contributed by atoms with E-state index in [1.54, 1.807) is 30.3 Å². The lowest BCUT2D eigenvalue weighted by molar-refractivity contribution is -0.124. The molecule has 0 fully saturated rings. The predicted molar refractivity (Wildman–Crippen MR) is 129 cm³/mol. The first kappa shape index (κ1) is 24.7. The maximum Gasteiger partial charge on any atom is 0.240 e. The number of ether oxygens (including phenoxy) is 2. The highest BCUT2D eigenvalue weighted by Gasteiger charge is 2.10. The second-order valence-corrected chi connectivity index (χ2v) is 7.52. The lowest BCUT2D eigenvalue weighted by Crippen LogP contribution is -2.21. The maximum atomic E-state index is 13.6. The number of hydrogen-bond donors (Lipinski definition) is 2. The van der Waals surface area contributed by atoms with Gasteiger partial charge in [-0.15, -0.1) is 0 Å². The summed E-state index contributed by atoms with van der Waals surface area (Å²) in [5, 5.41) is 6.94. The van der Waals surface area contributed by atoms with Gasteiger partial charge in [0, 0.05) is 23.4 Å². The third-order valence-corrected chi connectivity index (χ3v) is 5.03. The molecular weight excluding hydrogens is 461 g/mol. The first-order chi connectivity index (χ1) is 16.5. The number of nitrogens with zero attached hydrogens (tertiary/aromatic N) is 1. The molecule has 0 aliphatic carbocycles. The first-order valence-corrected chi connectivity index (χ1v) is 10.7. The number of methoxy groups -OCH3 is 1. The molecule has 0 atom stereocenters. The average molecular weight is 484 g/mol. The highest BCUT2D eigenvalue weighted by molar-refractivity contribution is 6.31. The van der Waals surface area contributed by atoms with Crippen molar-refractivity contribution < 1.29 is 23.5 Å². The van der Waals surface area contributed by atoms with Gasteiger partial charge in [0.2, 0.25) is 11.8 Å². The van der Waals surface area contributed by atoms with Crippen LogP contribution in [0.5, 0.6) is 11.5 Å². The van der Waals surface area contributed by atoms with Crippen LogP contribution in [0.15, 0.2) is 71.8 Å². The van der Waals surface area contributed by atoms with Crippen LogP contribution < -0.4 is 20.2 Å². The van der Waals surface area contributed by atoms with Crippen molar-refractivity contribution in [2.75, 3.05) is 12.4 Å². The fourth-order valence-electron chi connectivity index (χ4n) is 2.89. The standard InChI is InChI=1S/C25H23ClFN3O4/c1-33-23-14-17(10-11-22(23)34-16-18-6-2-3-7-19(18)26)15-28-30-25(32)13-12-24(31)29-21-9-5-4-8-20(21)27/h2-11,14-15H,12-13,16H2,1H3,(H,29,31)(H,30,32). The van der Waals surface area contributed by atoms with Crippen LogP contribution in [0.3, 0.4) is 0 Å². The monoisotopic (exact) mass is 483 g/mol. The molecule has 0 aromatic heterocycles. The van der Waals surface area contributed by atoms with Crippen molar-refractivity contribution in [3.63, 3.8) is 0 Å². The normalized spacial score (nSPS) is 10.7. The largest absolute Gasteiger partial charge is 0.493 e. The molecule has 9 heteroatoms. The molecule has 3 aromatic carbocycles. The molecular formula is C25H23ClFN3O4. The van der Waals surface area contributed by atoms with Gasteiger partial charge in [-0.25, -0.2) is 9.82 Å². The number of carbonyl (C=O) groups excluding carboxylic acids is 2. The number of para-hydroxylation sites is 1. The van der Waals surface area contributed by atoms with Crippen LogP contribution in [0.2, 0.25) is 5.02 Å². The highest BCUT2D eigenvalue weighted by Crippen LogP contribution is 2.29. The van der Waals surface area contributed by atoms with Gasteiger partial charge in [-0.3, -0.25) is 9.59 Å². The molecule has 2 amide bonds. The molecule has 176 valence electrons. The number of halogens is 2. The zero-order chi connectivity index (χ0) is 24.3. The number of hydrazone groups is 1. The molecule has 0 saturated heterocycles. The van der Waals surface area contributed by atoms with Crippen LogP contribution in [-0.2, 0) is 16.2 Å². The summed E-state index contributed by atoms with van der Waals surface area (Å²) in [6.07, 6.45) is 1.23. The summed E-state index contributed by atoms with van der Waals surface area (Å²) >= 11 is 6.15. The molecule has 0 saturated carbocycles. The van der Waals surface area contributed by atoms with E-state index in [1.165, 1.54) is 31.5 Å². The predicted octanol–water partition coefficient (Wildman–Crippen LogP) is 4.94. The minimum atomic E-state index is -0.541. The molecule has 7 nitrogen and oxygen atoms in total. The summed E-state index contributed by atoms with van der Waals surface area (Å²) in [5.41, 5.74) is 3.94. The number of anilines is 1. The summed E-state index contributed by atoms with van der Waals surface area (Å²) in [6.45, 7) is 0.282. The van der Waals surface area contributed by atoms with Crippen molar-refractivity contribution in [3.05, 3.63) is 88.7 Å². The Labute approximate surface area is 201 Å². The molecule has 0 aliphatic heterocycles. The minimum absolute atomic E-state index is 0.0687. The van der Waals surface area contributed by atoms with Crippen LogP contribution in [0.1, 0.15) is 24.0 Å². The molecule has 0 radical (unpaired) electrons. The van der Waals surface area contributed by atoms with Crippen molar-refractivity contribution in [1.82, 2.24) is 5.43 Å². The second kappa shape index (κ2) is 12.4. The number of rotatable bonds is 10.